The van der Waals surface area contributed by atoms with Crippen LogP contribution in [0.2, 0.25) is 0 Å². The number of aryl methyl sites for hydroxylation is 2. The summed E-state index contributed by atoms with van der Waals surface area (Å²) in [6, 6.07) is 2.67. The minimum absolute atomic E-state index is 0.512. The van der Waals surface area contributed by atoms with Gasteiger partial charge in [-0.2, -0.15) is 0 Å². The highest BCUT2D eigenvalue weighted by molar-refractivity contribution is 5.25. The van der Waals surface area contributed by atoms with Crippen LogP contribution in [0.5, 0.6) is 0 Å². The van der Waals surface area contributed by atoms with E-state index in [0.29, 0.717) is 6.04 Å². The van der Waals surface area contributed by atoms with Gasteiger partial charge in [0.1, 0.15) is 11.5 Å². The van der Waals surface area contributed by atoms with Crippen molar-refractivity contribution in [2.75, 3.05) is 7.05 Å². The molecule has 1 N–H and O–H groups in total. The van der Waals surface area contributed by atoms with Crippen molar-refractivity contribution in [2.24, 2.45) is 5.92 Å². The van der Waals surface area contributed by atoms with Gasteiger partial charge in [0.25, 0.3) is 0 Å². The van der Waals surface area contributed by atoms with Gasteiger partial charge in [-0.05, 0) is 45.7 Å². The van der Waals surface area contributed by atoms with Crippen LogP contribution in [-0.4, -0.2) is 7.05 Å². The Morgan fingerprint density at radius 1 is 1.46 bits per heavy atom. The molecule has 0 aromatic carbocycles. The molecule has 1 saturated carbocycles. The molecule has 72 valence electrons. The minimum atomic E-state index is 0.512. The number of hydrogen-bond donors (Lipinski definition) is 1. The van der Waals surface area contributed by atoms with Gasteiger partial charge in [0.2, 0.25) is 0 Å². The van der Waals surface area contributed by atoms with Crippen LogP contribution < -0.4 is 5.32 Å². The van der Waals surface area contributed by atoms with E-state index in [1.807, 2.05) is 14.0 Å². The van der Waals surface area contributed by atoms with E-state index in [0.717, 1.165) is 17.4 Å². The largest absolute Gasteiger partial charge is 0.466 e. The van der Waals surface area contributed by atoms with Crippen molar-refractivity contribution in [3.63, 3.8) is 0 Å². The van der Waals surface area contributed by atoms with Crippen molar-refractivity contribution in [2.45, 2.75) is 32.7 Å². The van der Waals surface area contributed by atoms with E-state index in [2.05, 4.69) is 18.3 Å². The summed E-state index contributed by atoms with van der Waals surface area (Å²) in [4.78, 5) is 0. The van der Waals surface area contributed by atoms with Crippen LogP contribution in [0.1, 0.15) is 36.0 Å². The maximum Gasteiger partial charge on any atom is 0.105 e. The van der Waals surface area contributed by atoms with Gasteiger partial charge in [-0.25, -0.2) is 0 Å². The van der Waals surface area contributed by atoms with E-state index in [-0.39, 0.29) is 0 Å². The van der Waals surface area contributed by atoms with Crippen LogP contribution >= 0.6 is 0 Å². The second kappa shape index (κ2) is 3.18. The van der Waals surface area contributed by atoms with E-state index in [1.54, 1.807) is 0 Å². The predicted octanol–water partition coefficient (Wildman–Crippen LogP) is 2.57. The summed E-state index contributed by atoms with van der Waals surface area (Å²) < 4.78 is 5.54. The van der Waals surface area contributed by atoms with Crippen molar-refractivity contribution in [1.29, 1.82) is 0 Å². The average molecular weight is 179 g/mol. The average Bonchev–Trinajstić information content (AvgIpc) is 2.82. The van der Waals surface area contributed by atoms with Crippen molar-refractivity contribution in [1.82, 2.24) is 5.32 Å². The topological polar surface area (TPSA) is 25.2 Å². The van der Waals surface area contributed by atoms with E-state index in [9.17, 15) is 0 Å². The molecule has 1 heterocycles. The maximum atomic E-state index is 5.54. The van der Waals surface area contributed by atoms with Crippen LogP contribution in [0.4, 0.5) is 0 Å². The fourth-order valence-electron chi connectivity index (χ4n) is 2.03. The molecule has 13 heavy (non-hydrogen) atoms. The first kappa shape index (κ1) is 8.82. The van der Waals surface area contributed by atoms with Gasteiger partial charge in [0.15, 0.2) is 0 Å². The molecule has 1 aromatic heterocycles. The molecule has 1 aromatic rings. The van der Waals surface area contributed by atoms with Gasteiger partial charge in [0, 0.05) is 11.6 Å². The molecule has 1 fully saturated rings. The highest BCUT2D eigenvalue weighted by Gasteiger charge is 2.32. The number of hydrogen-bond acceptors (Lipinski definition) is 2. The Morgan fingerprint density at radius 2 is 2.15 bits per heavy atom. The summed E-state index contributed by atoms with van der Waals surface area (Å²) in [5.41, 5.74) is 1.35. The summed E-state index contributed by atoms with van der Waals surface area (Å²) >= 11 is 0. The fraction of sp³-hybridized carbons (Fsp3) is 0.636. The molecule has 0 radical (unpaired) electrons. The first-order valence-corrected chi connectivity index (χ1v) is 4.96. The quantitative estimate of drug-likeness (QED) is 0.771. The summed E-state index contributed by atoms with van der Waals surface area (Å²) in [5.74, 6) is 2.93. The Hall–Kier alpha value is -0.760. The van der Waals surface area contributed by atoms with Crippen LogP contribution in [0, 0.1) is 19.8 Å². The van der Waals surface area contributed by atoms with Crippen molar-refractivity contribution >= 4 is 0 Å². The SMILES string of the molecule is CNC(c1cc(C)oc1C)C1CC1. The highest BCUT2D eigenvalue weighted by Crippen LogP contribution is 2.42. The molecule has 1 unspecified atom stereocenters. The lowest BCUT2D eigenvalue weighted by Crippen LogP contribution is -2.18. The molecular weight excluding hydrogens is 162 g/mol. The second-order valence-corrected chi connectivity index (χ2v) is 3.97. The first-order chi connectivity index (χ1) is 6.22. The Kier molecular flexibility index (Phi) is 2.16. The molecule has 0 amide bonds. The molecule has 0 saturated heterocycles. The molecule has 2 rings (SSSR count). The Morgan fingerprint density at radius 3 is 2.54 bits per heavy atom. The number of nitrogens with one attached hydrogen (secondary N) is 1. The zero-order chi connectivity index (χ0) is 9.42. The summed E-state index contributed by atoms with van der Waals surface area (Å²) in [7, 11) is 2.03. The van der Waals surface area contributed by atoms with Crippen molar-refractivity contribution in [3.05, 3.63) is 23.2 Å². The molecule has 2 nitrogen and oxygen atoms in total. The fourth-order valence-corrected chi connectivity index (χ4v) is 2.03. The van der Waals surface area contributed by atoms with E-state index < -0.39 is 0 Å². The van der Waals surface area contributed by atoms with Gasteiger partial charge in [-0.15, -0.1) is 0 Å². The smallest absolute Gasteiger partial charge is 0.105 e. The molecule has 0 spiro atoms. The third kappa shape index (κ3) is 1.63. The molecule has 1 atom stereocenters. The Bertz CT molecular complexity index is 299. The van der Waals surface area contributed by atoms with E-state index in [4.69, 9.17) is 4.42 Å². The van der Waals surface area contributed by atoms with Gasteiger partial charge < -0.3 is 9.73 Å². The molecule has 1 aliphatic carbocycles. The normalized spacial score (nSPS) is 19.0. The van der Waals surface area contributed by atoms with Crippen LogP contribution in [0.15, 0.2) is 10.5 Å². The lowest BCUT2D eigenvalue weighted by molar-refractivity contribution is 0.477. The predicted molar refractivity (Wildman–Crippen MR) is 52.7 cm³/mol. The van der Waals surface area contributed by atoms with Crippen LogP contribution in [0.3, 0.4) is 0 Å². The van der Waals surface area contributed by atoms with Crippen LogP contribution in [0.25, 0.3) is 0 Å². The summed E-state index contributed by atoms with van der Waals surface area (Å²) in [6.07, 6.45) is 2.71. The maximum absolute atomic E-state index is 5.54. The van der Waals surface area contributed by atoms with Gasteiger partial charge in [-0.1, -0.05) is 0 Å². The standard InChI is InChI=1S/C11H17NO/c1-7-6-10(8(2)13-7)11(12-3)9-4-5-9/h6,9,11-12H,4-5H2,1-3H3. The highest BCUT2D eigenvalue weighted by atomic mass is 16.3. The van der Waals surface area contributed by atoms with Gasteiger partial charge in [-0.3, -0.25) is 0 Å². The molecule has 2 heteroatoms. The monoisotopic (exact) mass is 179 g/mol. The van der Waals surface area contributed by atoms with Crippen molar-refractivity contribution < 1.29 is 4.42 Å². The lowest BCUT2D eigenvalue weighted by atomic mass is 10.0. The third-order valence-corrected chi connectivity index (χ3v) is 2.82. The number of furan rings is 1. The first-order valence-electron chi connectivity index (χ1n) is 4.96. The van der Waals surface area contributed by atoms with Crippen molar-refractivity contribution in [3.8, 4) is 0 Å². The second-order valence-electron chi connectivity index (χ2n) is 3.97. The molecule has 1 aliphatic rings. The van der Waals surface area contributed by atoms with Gasteiger partial charge >= 0.3 is 0 Å². The van der Waals surface area contributed by atoms with Gasteiger partial charge in [0.05, 0.1) is 0 Å². The summed E-state index contributed by atoms with van der Waals surface area (Å²) in [6.45, 7) is 4.06. The zero-order valence-electron chi connectivity index (χ0n) is 8.55. The molecule has 0 aliphatic heterocycles. The number of rotatable bonds is 3. The van der Waals surface area contributed by atoms with E-state index in [1.165, 1.54) is 18.4 Å². The summed E-state index contributed by atoms with van der Waals surface area (Å²) in [5, 5.41) is 3.37. The van der Waals surface area contributed by atoms with E-state index >= 15 is 0 Å². The third-order valence-electron chi connectivity index (χ3n) is 2.82. The minimum Gasteiger partial charge on any atom is -0.466 e. The zero-order valence-corrected chi connectivity index (χ0v) is 8.55. The van der Waals surface area contributed by atoms with Crippen LogP contribution in [-0.2, 0) is 0 Å². The molecule has 0 bridgehead atoms. The Balaban J connectivity index is 2.25. The molecular formula is C11H17NO. The Labute approximate surface area is 79.3 Å². The lowest BCUT2D eigenvalue weighted by Gasteiger charge is -2.13.